The quantitative estimate of drug-likeness (QED) is 0.188. The predicted molar refractivity (Wildman–Crippen MR) is 105 cm³/mol. The molecule has 0 aromatic rings. The predicted octanol–water partition coefficient (Wildman–Crippen LogP) is 0.634. The van der Waals surface area contributed by atoms with Crippen LogP contribution in [0.3, 0.4) is 0 Å². The fourth-order valence-corrected chi connectivity index (χ4v) is 2.48. The molecule has 0 unspecified atom stereocenters. The van der Waals surface area contributed by atoms with Gasteiger partial charge in [0.25, 0.3) is 0 Å². The Labute approximate surface area is 163 Å². The van der Waals surface area contributed by atoms with Crippen LogP contribution in [0.15, 0.2) is 0 Å². The normalized spacial score (nSPS) is 15.4. The van der Waals surface area contributed by atoms with E-state index in [1.807, 2.05) is 0 Å². The van der Waals surface area contributed by atoms with E-state index in [1.54, 1.807) is 7.05 Å². The highest BCUT2D eigenvalue weighted by Crippen LogP contribution is 2.10. The summed E-state index contributed by atoms with van der Waals surface area (Å²) < 4.78 is 0. The summed E-state index contributed by atoms with van der Waals surface area (Å²) in [6.07, 6.45) is 5.83. The number of aliphatic hydroxyl groups excluding tert-OH is 5. The summed E-state index contributed by atoms with van der Waals surface area (Å²) in [4.78, 5) is 10.2. The lowest BCUT2D eigenvalue weighted by Crippen LogP contribution is -2.48. The second-order valence-corrected chi connectivity index (χ2v) is 6.83. The Morgan fingerprint density at radius 2 is 1.26 bits per heavy atom. The SMILES string of the molecule is CCCCCCCCCCCC(=O)O.CNC[C@H](O)[C@@H](O)[C@H](O)[C@H](O)CO. The lowest BCUT2D eigenvalue weighted by atomic mass is 10.0. The molecule has 0 bridgehead atoms. The van der Waals surface area contributed by atoms with Crippen LogP contribution >= 0.6 is 0 Å². The van der Waals surface area contributed by atoms with Crippen molar-refractivity contribution in [3.8, 4) is 0 Å². The largest absolute Gasteiger partial charge is 0.481 e. The van der Waals surface area contributed by atoms with Crippen molar-refractivity contribution in [2.75, 3.05) is 20.2 Å². The van der Waals surface area contributed by atoms with Gasteiger partial charge in [0, 0.05) is 13.0 Å². The third-order valence-corrected chi connectivity index (χ3v) is 4.23. The zero-order chi connectivity index (χ0) is 21.1. The summed E-state index contributed by atoms with van der Waals surface area (Å²) in [5.41, 5.74) is 0. The minimum Gasteiger partial charge on any atom is -0.481 e. The minimum atomic E-state index is -1.55. The first-order valence-corrected chi connectivity index (χ1v) is 10.0. The highest BCUT2D eigenvalue weighted by molar-refractivity contribution is 5.66. The van der Waals surface area contributed by atoms with Crippen LogP contribution in [-0.4, -0.2) is 81.2 Å². The third-order valence-electron chi connectivity index (χ3n) is 4.23. The molecule has 0 aromatic carbocycles. The van der Waals surface area contributed by atoms with E-state index in [0.717, 1.165) is 12.8 Å². The van der Waals surface area contributed by atoms with Gasteiger partial charge in [0.05, 0.1) is 12.7 Å². The highest BCUT2D eigenvalue weighted by atomic mass is 16.4. The number of likely N-dealkylation sites (N-methyl/N-ethyl adjacent to an activating group) is 1. The monoisotopic (exact) mass is 395 g/mol. The van der Waals surface area contributed by atoms with E-state index < -0.39 is 37.0 Å². The van der Waals surface area contributed by atoms with Gasteiger partial charge in [0.2, 0.25) is 0 Å². The Kier molecular flexibility index (Phi) is 21.0. The molecule has 164 valence electrons. The molecule has 0 rings (SSSR count). The van der Waals surface area contributed by atoms with Crippen LogP contribution in [-0.2, 0) is 4.79 Å². The number of carboxylic acids is 1. The molecular weight excluding hydrogens is 354 g/mol. The molecule has 0 heterocycles. The number of carbonyl (C=O) groups is 1. The number of aliphatic carboxylic acids is 1. The van der Waals surface area contributed by atoms with Crippen molar-refractivity contribution < 1.29 is 35.4 Å². The van der Waals surface area contributed by atoms with Gasteiger partial charge in [-0.3, -0.25) is 4.79 Å². The molecule has 0 aliphatic rings. The molecule has 0 aromatic heterocycles. The maximum absolute atomic E-state index is 10.2. The number of hydrogen-bond acceptors (Lipinski definition) is 7. The highest BCUT2D eigenvalue weighted by Gasteiger charge is 2.29. The Hall–Kier alpha value is -0.770. The van der Waals surface area contributed by atoms with Crippen LogP contribution in [0.1, 0.15) is 71.1 Å². The van der Waals surface area contributed by atoms with Crippen molar-refractivity contribution >= 4 is 5.97 Å². The van der Waals surface area contributed by atoms with Crippen molar-refractivity contribution in [3.63, 3.8) is 0 Å². The van der Waals surface area contributed by atoms with Crippen LogP contribution in [0.25, 0.3) is 0 Å². The summed E-state index contributed by atoms with van der Waals surface area (Å²) in [6.45, 7) is 1.66. The van der Waals surface area contributed by atoms with Crippen molar-refractivity contribution in [3.05, 3.63) is 0 Å². The molecule has 0 saturated heterocycles. The molecule has 0 spiro atoms. The number of unbranched alkanes of at least 4 members (excludes halogenated alkanes) is 8. The number of rotatable bonds is 16. The molecule has 0 amide bonds. The van der Waals surface area contributed by atoms with Crippen LogP contribution in [0.4, 0.5) is 0 Å². The van der Waals surface area contributed by atoms with Crippen LogP contribution in [0.2, 0.25) is 0 Å². The fourth-order valence-electron chi connectivity index (χ4n) is 2.48. The minimum absolute atomic E-state index is 0.0936. The molecule has 0 radical (unpaired) electrons. The average Bonchev–Trinajstić information content (AvgIpc) is 2.65. The van der Waals surface area contributed by atoms with Gasteiger partial charge in [0.15, 0.2) is 0 Å². The molecule has 0 saturated carbocycles. The van der Waals surface area contributed by atoms with E-state index in [4.69, 9.17) is 25.5 Å². The summed E-state index contributed by atoms with van der Waals surface area (Å²) in [5.74, 6) is -0.659. The first-order valence-electron chi connectivity index (χ1n) is 10.0. The molecule has 8 nitrogen and oxygen atoms in total. The second kappa shape index (κ2) is 20.0. The van der Waals surface area contributed by atoms with Gasteiger partial charge in [-0.25, -0.2) is 0 Å². The molecule has 0 aliphatic carbocycles. The molecular formula is C19H41NO7. The van der Waals surface area contributed by atoms with E-state index in [9.17, 15) is 9.90 Å². The summed E-state index contributed by atoms with van der Waals surface area (Å²) in [5, 5.41) is 55.9. The lowest BCUT2D eigenvalue weighted by molar-refractivity contribution is -0.137. The summed E-state index contributed by atoms with van der Waals surface area (Å²) in [7, 11) is 1.57. The molecule has 7 N–H and O–H groups in total. The Balaban J connectivity index is 0. The summed E-state index contributed by atoms with van der Waals surface area (Å²) in [6, 6.07) is 0. The van der Waals surface area contributed by atoms with Gasteiger partial charge in [0.1, 0.15) is 18.3 Å². The smallest absolute Gasteiger partial charge is 0.303 e. The van der Waals surface area contributed by atoms with E-state index in [0.29, 0.717) is 6.42 Å². The van der Waals surface area contributed by atoms with Crippen LogP contribution in [0, 0.1) is 0 Å². The maximum atomic E-state index is 10.2. The molecule has 4 atom stereocenters. The van der Waals surface area contributed by atoms with Crippen molar-refractivity contribution in [1.29, 1.82) is 0 Å². The van der Waals surface area contributed by atoms with Gasteiger partial charge in [-0.2, -0.15) is 0 Å². The van der Waals surface area contributed by atoms with E-state index in [1.165, 1.54) is 44.9 Å². The first-order chi connectivity index (χ1) is 12.8. The van der Waals surface area contributed by atoms with E-state index in [2.05, 4.69) is 12.2 Å². The van der Waals surface area contributed by atoms with Gasteiger partial charge < -0.3 is 36.0 Å². The van der Waals surface area contributed by atoms with E-state index >= 15 is 0 Å². The van der Waals surface area contributed by atoms with Crippen LogP contribution in [0.5, 0.6) is 0 Å². The topological polar surface area (TPSA) is 150 Å². The van der Waals surface area contributed by atoms with Crippen LogP contribution < -0.4 is 5.32 Å². The Bertz CT molecular complexity index is 331. The number of nitrogens with one attached hydrogen (secondary N) is 1. The Morgan fingerprint density at radius 1 is 0.815 bits per heavy atom. The number of hydrogen-bond donors (Lipinski definition) is 7. The second-order valence-electron chi connectivity index (χ2n) is 6.83. The standard InChI is InChI=1S/C12H24O2.C7H17NO5/c1-2-3-4-5-6-7-8-9-10-11-12(13)14;1-8-2-4(10)6(12)7(13)5(11)3-9/h2-11H2,1H3,(H,13,14);4-13H,2-3H2,1H3/t;4-,5+,6+,7+/m.0/s1. The Morgan fingerprint density at radius 3 is 1.67 bits per heavy atom. The molecule has 0 aliphatic heterocycles. The summed E-state index contributed by atoms with van der Waals surface area (Å²) >= 11 is 0. The fraction of sp³-hybridized carbons (Fsp3) is 0.947. The van der Waals surface area contributed by atoms with Gasteiger partial charge in [-0.1, -0.05) is 58.3 Å². The zero-order valence-electron chi connectivity index (χ0n) is 16.9. The zero-order valence-corrected chi connectivity index (χ0v) is 16.9. The number of aliphatic hydroxyl groups is 5. The first kappa shape index (κ1) is 28.4. The number of carboxylic acid groups (broad SMARTS) is 1. The van der Waals surface area contributed by atoms with Gasteiger partial charge >= 0.3 is 5.97 Å². The van der Waals surface area contributed by atoms with Crippen molar-refractivity contribution in [2.45, 2.75) is 95.5 Å². The third kappa shape index (κ3) is 18.4. The molecule has 0 fully saturated rings. The van der Waals surface area contributed by atoms with Crippen molar-refractivity contribution in [1.82, 2.24) is 5.32 Å². The molecule has 27 heavy (non-hydrogen) atoms. The molecule has 8 heteroatoms. The lowest BCUT2D eigenvalue weighted by Gasteiger charge is -2.25. The van der Waals surface area contributed by atoms with Crippen molar-refractivity contribution in [2.24, 2.45) is 0 Å². The van der Waals surface area contributed by atoms with E-state index in [-0.39, 0.29) is 6.54 Å². The maximum Gasteiger partial charge on any atom is 0.303 e. The van der Waals surface area contributed by atoms with Gasteiger partial charge in [-0.05, 0) is 13.5 Å². The average molecular weight is 396 g/mol. The van der Waals surface area contributed by atoms with Gasteiger partial charge in [-0.15, -0.1) is 0 Å².